The summed E-state index contributed by atoms with van der Waals surface area (Å²) in [4.78, 5) is 22.9. The van der Waals surface area contributed by atoms with E-state index >= 15 is 0 Å². The number of urea groups is 1. The minimum Gasteiger partial charge on any atom is -0.339 e. The predicted octanol–water partition coefficient (Wildman–Crippen LogP) is 2.64. The molecule has 6 nitrogen and oxygen atoms in total. The van der Waals surface area contributed by atoms with Gasteiger partial charge in [0.15, 0.2) is 0 Å². The van der Waals surface area contributed by atoms with Gasteiger partial charge in [0, 0.05) is 31.5 Å². The van der Waals surface area contributed by atoms with Gasteiger partial charge < -0.3 is 15.5 Å². The van der Waals surface area contributed by atoms with Crippen molar-refractivity contribution in [1.29, 1.82) is 0 Å². The lowest BCUT2D eigenvalue weighted by molar-refractivity contribution is 0.232. The fraction of sp³-hybridized carbons (Fsp3) is 0.389. The first-order valence-corrected chi connectivity index (χ1v) is 8.46. The second kappa shape index (κ2) is 7.92. The molecule has 1 aromatic carbocycles. The van der Waals surface area contributed by atoms with Crippen molar-refractivity contribution in [1.82, 2.24) is 20.6 Å². The van der Waals surface area contributed by atoms with Gasteiger partial charge in [-0.1, -0.05) is 12.1 Å². The summed E-state index contributed by atoms with van der Waals surface area (Å²) >= 11 is 0. The lowest BCUT2D eigenvalue weighted by Crippen LogP contribution is -2.51. The molecule has 1 fully saturated rings. The van der Waals surface area contributed by atoms with Crippen LogP contribution in [0.5, 0.6) is 0 Å². The van der Waals surface area contributed by atoms with Crippen molar-refractivity contribution in [3.05, 3.63) is 54.1 Å². The van der Waals surface area contributed by atoms with E-state index in [9.17, 15) is 9.18 Å². The average Bonchev–Trinajstić information content (AvgIpc) is 2.63. The second-order valence-electron chi connectivity index (χ2n) is 6.22. The minimum atomic E-state index is -0.286. The van der Waals surface area contributed by atoms with E-state index in [0.29, 0.717) is 12.5 Å². The summed E-state index contributed by atoms with van der Waals surface area (Å²) in [5.41, 5.74) is 0.861. The van der Waals surface area contributed by atoms with Crippen molar-refractivity contribution in [2.45, 2.75) is 31.8 Å². The maximum absolute atomic E-state index is 13.0. The first kappa shape index (κ1) is 17.1. The lowest BCUT2D eigenvalue weighted by Gasteiger charge is -2.33. The Morgan fingerprint density at radius 3 is 2.72 bits per heavy atom. The molecule has 2 aromatic rings. The van der Waals surface area contributed by atoms with Crippen LogP contribution in [0.4, 0.5) is 15.1 Å². The van der Waals surface area contributed by atoms with Gasteiger partial charge in [-0.3, -0.25) is 0 Å². The van der Waals surface area contributed by atoms with Crippen molar-refractivity contribution in [2.75, 3.05) is 18.0 Å². The van der Waals surface area contributed by atoms with E-state index < -0.39 is 0 Å². The molecule has 0 spiro atoms. The molecular weight excluding hydrogens is 321 g/mol. The van der Waals surface area contributed by atoms with E-state index in [1.807, 2.05) is 6.92 Å². The number of piperidine rings is 1. The number of aromatic nitrogens is 2. The molecule has 3 rings (SSSR count). The zero-order chi connectivity index (χ0) is 17.6. The maximum atomic E-state index is 13.0. The molecular formula is C18H22FN5O. The van der Waals surface area contributed by atoms with Crippen LogP contribution in [0.3, 0.4) is 0 Å². The van der Waals surface area contributed by atoms with Crippen molar-refractivity contribution in [2.24, 2.45) is 0 Å². The molecule has 1 saturated heterocycles. The van der Waals surface area contributed by atoms with E-state index in [0.717, 1.165) is 24.9 Å². The van der Waals surface area contributed by atoms with E-state index in [1.165, 1.54) is 12.1 Å². The molecule has 0 aliphatic carbocycles. The molecule has 2 unspecified atom stereocenters. The van der Waals surface area contributed by atoms with Crippen LogP contribution in [0.2, 0.25) is 0 Å². The van der Waals surface area contributed by atoms with Crippen LogP contribution in [0.1, 0.15) is 31.4 Å². The number of anilines is 1. The summed E-state index contributed by atoms with van der Waals surface area (Å²) in [6.07, 6.45) is 5.32. The first-order chi connectivity index (χ1) is 12.1. The third-order valence-electron chi connectivity index (χ3n) is 4.31. The van der Waals surface area contributed by atoms with E-state index in [1.54, 1.807) is 30.6 Å². The number of hydrogen-bond donors (Lipinski definition) is 2. The zero-order valence-electron chi connectivity index (χ0n) is 14.2. The van der Waals surface area contributed by atoms with Crippen LogP contribution >= 0.6 is 0 Å². The summed E-state index contributed by atoms with van der Waals surface area (Å²) in [6, 6.07) is 7.54. The fourth-order valence-electron chi connectivity index (χ4n) is 2.99. The maximum Gasteiger partial charge on any atom is 0.315 e. The summed E-state index contributed by atoms with van der Waals surface area (Å²) in [5, 5.41) is 5.90. The average molecular weight is 343 g/mol. The largest absolute Gasteiger partial charge is 0.339 e. The van der Waals surface area contributed by atoms with Gasteiger partial charge in [0.2, 0.25) is 5.95 Å². The molecule has 7 heteroatoms. The predicted molar refractivity (Wildman–Crippen MR) is 93.7 cm³/mol. The number of halogens is 1. The Kier molecular flexibility index (Phi) is 5.42. The summed E-state index contributed by atoms with van der Waals surface area (Å²) in [7, 11) is 0. The minimum absolute atomic E-state index is 0.0398. The van der Waals surface area contributed by atoms with Gasteiger partial charge in [0.25, 0.3) is 0 Å². The fourth-order valence-corrected chi connectivity index (χ4v) is 2.99. The first-order valence-electron chi connectivity index (χ1n) is 8.46. The Balaban J connectivity index is 1.53. The Labute approximate surface area is 146 Å². The Hall–Kier alpha value is -2.70. The highest BCUT2D eigenvalue weighted by atomic mass is 19.1. The van der Waals surface area contributed by atoms with Crippen molar-refractivity contribution in [3.8, 4) is 0 Å². The molecule has 1 aliphatic heterocycles. The molecule has 1 aromatic heterocycles. The van der Waals surface area contributed by atoms with Crippen LogP contribution in [-0.2, 0) is 0 Å². The molecule has 2 atom stereocenters. The smallest absolute Gasteiger partial charge is 0.315 e. The molecule has 2 N–H and O–H groups in total. The number of carbonyl (C=O) groups is 1. The van der Waals surface area contributed by atoms with Gasteiger partial charge in [0.1, 0.15) is 5.82 Å². The summed E-state index contributed by atoms with van der Waals surface area (Å²) in [5.74, 6) is 0.403. The van der Waals surface area contributed by atoms with Crippen LogP contribution in [0.25, 0.3) is 0 Å². The number of carbonyl (C=O) groups excluding carboxylic acids is 1. The zero-order valence-corrected chi connectivity index (χ0v) is 14.2. The summed E-state index contributed by atoms with van der Waals surface area (Å²) in [6.45, 7) is 3.44. The normalized spacial score (nSPS) is 18.5. The van der Waals surface area contributed by atoms with Gasteiger partial charge in [-0.15, -0.1) is 0 Å². The third-order valence-corrected chi connectivity index (χ3v) is 4.31. The van der Waals surface area contributed by atoms with Gasteiger partial charge in [-0.05, 0) is 43.5 Å². The number of benzene rings is 1. The van der Waals surface area contributed by atoms with Crippen LogP contribution in [0, 0.1) is 5.82 Å². The Morgan fingerprint density at radius 2 is 2.00 bits per heavy atom. The van der Waals surface area contributed by atoms with E-state index in [-0.39, 0.29) is 23.9 Å². The molecule has 2 amide bonds. The van der Waals surface area contributed by atoms with Crippen molar-refractivity contribution < 1.29 is 9.18 Å². The van der Waals surface area contributed by atoms with Crippen LogP contribution in [0.15, 0.2) is 42.7 Å². The highest BCUT2D eigenvalue weighted by Crippen LogP contribution is 2.16. The van der Waals surface area contributed by atoms with Crippen LogP contribution < -0.4 is 15.5 Å². The number of hydrogen-bond acceptors (Lipinski definition) is 4. The molecule has 2 heterocycles. The number of rotatable bonds is 4. The number of amides is 2. The number of nitrogens with one attached hydrogen (secondary N) is 2. The highest BCUT2D eigenvalue weighted by molar-refractivity contribution is 5.74. The topological polar surface area (TPSA) is 70.2 Å². The molecule has 1 aliphatic rings. The quantitative estimate of drug-likeness (QED) is 0.895. The van der Waals surface area contributed by atoms with E-state index in [2.05, 4.69) is 25.5 Å². The lowest BCUT2D eigenvalue weighted by atomic mass is 10.1. The van der Waals surface area contributed by atoms with Gasteiger partial charge >= 0.3 is 6.03 Å². The molecule has 0 radical (unpaired) electrons. The van der Waals surface area contributed by atoms with Crippen molar-refractivity contribution >= 4 is 12.0 Å². The second-order valence-corrected chi connectivity index (χ2v) is 6.22. The molecule has 0 saturated carbocycles. The number of nitrogens with zero attached hydrogens (tertiary/aromatic N) is 3. The molecule has 0 bridgehead atoms. The summed E-state index contributed by atoms with van der Waals surface area (Å²) < 4.78 is 13.0. The monoisotopic (exact) mass is 343 g/mol. The van der Waals surface area contributed by atoms with Crippen LogP contribution in [-0.4, -0.2) is 35.1 Å². The standard InChI is InChI=1S/C18H22FN5O/c1-13(14-5-7-15(19)8-6-14)22-18(25)23-16-4-2-11-24(12-16)17-20-9-3-10-21-17/h3,5-10,13,16H,2,4,11-12H2,1H3,(H2,22,23,25). The Bertz CT molecular complexity index is 694. The highest BCUT2D eigenvalue weighted by Gasteiger charge is 2.23. The molecule has 132 valence electrons. The Morgan fingerprint density at radius 1 is 1.28 bits per heavy atom. The van der Waals surface area contributed by atoms with Gasteiger partial charge in [-0.25, -0.2) is 19.2 Å². The SMILES string of the molecule is CC(NC(=O)NC1CCCN(c2ncccn2)C1)c1ccc(F)cc1. The third kappa shape index (κ3) is 4.65. The van der Waals surface area contributed by atoms with E-state index in [4.69, 9.17) is 0 Å². The molecule has 25 heavy (non-hydrogen) atoms. The van der Waals surface area contributed by atoms with Crippen molar-refractivity contribution in [3.63, 3.8) is 0 Å². The van der Waals surface area contributed by atoms with Gasteiger partial charge in [0.05, 0.1) is 6.04 Å². The van der Waals surface area contributed by atoms with Gasteiger partial charge in [-0.2, -0.15) is 0 Å².